The minimum atomic E-state index is 0.0869. The van der Waals surface area contributed by atoms with E-state index in [1.807, 2.05) is 19.2 Å². The van der Waals surface area contributed by atoms with Gasteiger partial charge in [-0.1, -0.05) is 20.8 Å². The number of rotatable bonds is 4. The Morgan fingerprint density at radius 3 is 2.83 bits per heavy atom. The van der Waals surface area contributed by atoms with Crippen molar-refractivity contribution in [2.75, 3.05) is 18.0 Å². The molecule has 24 heavy (non-hydrogen) atoms. The molecule has 1 aliphatic heterocycles. The van der Waals surface area contributed by atoms with Gasteiger partial charge in [0.2, 0.25) is 0 Å². The Balaban J connectivity index is 1.60. The first-order valence-corrected chi connectivity index (χ1v) is 8.75. The molecule has 1 saturated heterocycles. The molecule has 3 heterocycles. The monoisotopic (exact) mass is 328 g/mol. The minimum Gasteiger partial charge on any atom is -0.354 e. The molecule has 0 aromatic carbocycles. The van der Waals surface area contributed by atoms with Gasteiger partial charge in [-0.2, -0.15) is 10.2 Å². The summed E-state index contributed by atoms with van der Waals surface area (Å²) in [4.78, 5) is 2.33. The van der Waals surface area contributed by atoms with Crippen molar-refractivity contribution in [3.05, 3.63) is 35.3 Å². The van der Waals surface area contributed by atoms with E-state index in [9.17, 15) is 0 Å². The van der Waals surface area contributed by atoms with Crippen LogP contribution in [0.15, 0.2) is 18.3 Å². The molecular weight excluding hydrogens is 300 g/mol. The fourth-order valence-electron chi connectivity index (χ4n) is 3.26. The van der Waals surface area contributed by atoms with Gasteiger partial charge < -0.3 is 10.2 Å². The summed E-state index contributed by atoms with van der Waals surface area (Å²) in [5, 5.41) is 19.6. The predicted octanol–water partition coefficient (Wildman–Crippen LogP) is 2.56. The van der Waals surface area contributed by atoms with Crippen molar-refractivity contribution in [2.45, 2.75) is 58.5 Å². The van der Waals surface area contributed by atoms with Crippen LogP contribution in [0, 0.1) is 6.92 Å². The van der Waals surface area contributed by atoms with E-state index in [-0.39, 0.29) is 5.41 Å². The average molecular weight is 328 g/mol. The lowest BCUT2D eigenvalue weighted by atomic mass is 9.89. The van der Waals surface area contributed by atoms with E-state index in [4.69, 9.17) is 0 Å². The molecule has 0 unspecified atom stereocenters. The van der Waals surface area contributed by atoms with Gasteiger partial charge >= 0.3 is 0 Å². The number of H-pyrrole nitrogens is 1. The van der Waals surface area contributed by atoms with Crippen LogP contribution in [0.5, 0.6) is 0 Å². The van der Waals surface area contributed by atoms with Crippen LogP contribution >= 0.6 is 0 Å². The fraction of sp³-hybridized carbons (Fsp3) is 0.611. The zero-order valence-corrected chi connectivity index (χ0v) is 15.1. The lowest BCUT2D eigenvalue weighted by Crippen LogP contribution is -2.46. The topological polar surface area (TPSA) is 69.7 Å². The molecule has 1 atom stereocenters. The van der Waals surface area contributed by atoms with E-state index in [1.165, 1.54) is 24.1 Å². The summed E-state index contributed by atoms with van der Waals surface area (Å²) in [6.07, 6.45) is 4.31. The third-order valence-corrected chi connectivity index (χ3v) is 4.58. The molecule has 0 amide bonds. The number of nitrogens with one attached hydrogen (secondary N) is 2. The van der Waals surface area contributed by atoms with Gasteiger partial charge in [0.25, 0.3) is 0 Å². The summed E-state index contributed by atoms with van der Waals surface area (Å²) in [5.74, 6) is 0.978. The highest BCUT2D eigenvalue weighted by Gasteiger charge is 2.23. The molecule has 6 heteroatoms. The van der Waals surface area contributed by atoms with E-state index < -0.39 is 0 Å². The van der Waals surface area contributed by atoms with Crippen LogP contribution < -0.4 is 10.2 Å². The maximum atomic E-state index is 4.33. The SMILES string of the molecule is Cc1ccc(N2CCC[C@@H](NCc3cn[nH]c3C(C)(C)C)C2)nn1. The molecule has 3 rings (SSSR count). The molecule has 6 nitrogen and oxygen atoms in total. The molecule has 2 N–H and O–H groups in total. The lowest BCUT2D eigenvalue weighted by Gasteiger charge is -2.34. The Morgan fingerprint density at radius 2 is 2.12 bits per heavy atom. The highest BCUT2D eigenvalue weighted by Crippen LogP contribution is 2.24. The van der Waals surface area contributed by atoms with Crippen molar-refractivity contribution in [1.82, 2.24) is 25.7 Å². The fourth-order valence-corrected chi connectivity index (χ4v) is 3.26. The summed E-state index contributed by atoms with van der Waals surface area (Å²) in [6.45, 7) is 11.5. The third kappa shape index (κ3) is 3.93. The standard InChI is InChI=1S/C18H28N6/c1-13-7-8-16(22-21-13)24-9-5-6-15(12-24)19-10-14-11-20-23-17(14)18(2,3)4/h7-8,11,15,19H,5-6,9-10,12H2,1-4H3,(H,20,23)/t15-/m1/s1. The Hall–Kier alpha value is -1.95. The van der Waals surface area contributed by atoms with E-state index in [1.54, 1.807) is 0 Å². The number of aromatic nitrogens is 4. The second kappa shape index (κ2) is 6.89. The number of anilines is 1. The number of nitrogens with zero attached hydrogens (tertiary/aromatic N) is 4. The molecule has 1 fully saturated rings. The van der Waals surface area contributed by atoms with Crippen LogP contribution in [0.4, 0.5) is 5.82 Å². The number of hydrogen-bond acceptors (Lipinski definition) is 5. The minimum absolute atomic E-state index is 0.0869. The third-order valence-electron chi connectivity index (χ3n) is 4.58. The van der Waals surface area contributed by atoms with Crippen molar-refractivity contribution in [2.24, 2.45) is 0 Å². The summed E-state index contributed by atoms with van der Waals surface area (Å²) < 4.78 is 0. The zero-order valence-electron chi connectivity index (χ0n) is 15.1. The summed E-state index contributed by atoms with van der Waals surface area (Å²) >= 11 is 0. The van der Waals surface area contributed by atoms with E-state index in [2.05, 4.69) is 57.4 Å². The molecule has 0 aliphatic carbocycles. The van der Waals surface area contributed by atoms with Gasteiger partial charge in [-0.3, -0.25) is 5.10 Å². The molecule has 0 radical (unpaired) electrons. The van der Waals surface area contributed by atoms with Gasteiger partial charge in [0, 0.05) is 42.3 Å². The number of aryl methyl sites for hydroxylation is 1. The quantitative estimate of drug-likeness (QED) is 0.903. The van der Waals surface area contributed by atoms with Gasteiger partial charge in [-0.05, 0) is 31.9 Å². The van der Waals surface area contributed by atoms with Crippen molar-refractivity contribution in [3.8, 4) is 0 Å². The van der Waals surface area contributed by atoms with Crippen LogP contribution in [0.1, 0.15) is 50.6 Å². The molecular formula is C18H28N6. The molecule has 0 saturated carbocycles. The van der Waals surface area contributed by atoms with Crippen LogP contribution in [0.2, 0.25) is 0 Å². The van der Waals surface area contributed by atoms with Gasteiger partial charge in [-0.25, -0.2) is 0 Å². The average Bonchev–Trinajstić information content (AvgIpc) is 3.03. The maximum Gasteiger partial charge on any atom is 0.151 e. The van der Waals surface area contributed by atoms with Crippen molar-refractivity contribution in [3.63, 3.8) is 0 Å². The highest BCUT2D eigenvalue weighted by molar-refractivity contribution is 5.38. The van der Waals surface area contributed by atoms with Crippen molar-refractivity contribution >= 4 is 5.82 Å². The summed E-state index contributed by atoms with van der Waals surface area (Å²) in [6, 6.07) is 4.56. The Labute approximate surface area is 144 Å². The summed E-state index contributed by atoms with van der Waals surface area (Å²) in [7, 11) is 0. The molecule has 0 bridgehead atoms. The van der Waals surface area contributed by atoms with E-state index in [0.717, 1.165) is 31.1 Å². The van der Waals surface area contributed by atoms with Crippen molar-refractivity contribution < 1.29 is 0 Å². The first-order chi connectivity index (χ1) is 11.4. The normalized spacial score (nSPS) is 18.8. The van der Waals surface area contributed by atoms with Crippen LogP contribution in [0.25, 0.3) is 0 Å². The number of piperidine rings is 1. The highest BCUT2D eigenvalue weighted by atomic mass is 15.3. The smallest absolute Gasteiger partial charge is 0.151 e. The molecule has 0 spiro atoms. The number of aromatic amines is 1. The second-order valence-corrected chi connectivity index (χ2v) is 7.72. The van der Waals surface area contributed by atoms with Crippen LogP contribution in [0.3, 0.4) is 0 Å². The first kappa shape index (κ1) is 16.9. The van der Waals surface area contributed by atoms with E-state index in [0.29, 0.717) is 6.04 Å². The zero-order chi connectivity index (χ0) is 17.2. The van der Waals surface area contributed by atoms with Crippen molar-refractivity contribution in [1.29, 1.82) is 0 Å². The molecule has 130 valence electrons. The maximum absolute atomic E-state index is 4.33. The predicted molar refractivity (Wildman–Crippen MR) is 96.1 cm³/mol. The Kier molecular flexibility index (Phi) is 4.85. The van der Waals surface area contributed by atoms with Crippen LogP contribution in [-0.2, 0) is 12.0 Å². The second-order valence-electron chi connectivity index (χ2n) is 7.72. The lowest BCUT2D eigenvalue weighted by molar-refractivity contribution is 0.417. The largest absolute Gasteiger partial charge is 0.354 e. The van der Waals surface area contributed by atoms with Gasteiger partial charge in [0.05, 0.1) is 11.9 Å². The van der Waals surface area contributed by atoms with E-state index >= 15 is 0 Å². The molecule has 2 aromatic heterocycles. The molecule has 1 aliphatic rings. The number of hydrogen-bond donors (Lipinski definition) is 2. The molecule has 2 aromatic rings. The van der Waals surface area contributed by atoms with Crippen LogP contribution in [-0.4, -0.2) is 39.5 Å². The summed E-state index contributed by atoms with van der Waals surface area (Å²) in [5.41, 5.74) is 3.52. The first-order valence-electron chi connectivity index (χ1n) is 8.75. The Bertz CT molecular complexity index is 655. The van der Waals surface area contributed by atoms with Gasteiger partial charge in [-0.15, -0.1) is 5.10 Å². The van der Waals surface area contributed by atoms with Gasteiger partial charge in [0.1, 0.15) is 0 Å². The van der Waals surface area contributed by atoms with Gasteiger partial charge in [0.15, 0.2) is 5.82 Å². The Morgan fingerprint density at radius 1 is 1.29 bits per heavy atom.